The van der Waals surface area contributed by atoms with Crippen molar-refractivity contribution in [3.63, 3.8) is 0 Å². The van der Waals surface area contributed by atoms with Gasteiger partial charge >= 0.3 is 6.18 Å². The lowest BCUT2D eigenvalue weighted by molar-refractivity contribution is -0.115. The molecule has 1 aromatic rings. The van der Waals surface area contributed by atoms with Crippen LogP contribution in [-0.2, 0) is 4.79 Å². The number of amides is 1. The smallest absolute Gasteiger partial charge is 0.376 e. The fourth-order valence-corrected chi connectivity index (χ4v) is 1.08. The van der Waals surface area contributed by atoms with Gasteiger partial charge in [-0.2, -0.15) is 13.2 Å². The highest BCUT2D eigenvalue weighted by molar-refractivity contribution is 5.88. The third kappa shape index (κ3) is 4.68. The molecule has 0 fully saturated rings. The molecule has 0 aliphatic rings. The first-order valence-electron chi connectivity index (χ1n) is 4.55. The molecule has 88 valence electrons. The van der Waals surface area contributed by atoms with Gasteiger partial charge in [-0.15, -0.1) is 0 Å². The molecule has 0 spiro atoms. The highest BCUT2D eigenvalue weighted by Crippen LogP contribution is 2.18. The first-order chi connectivity index (χ1) is 7.37. The molecule has 3 nitrogen and oxygen atoms in total. The number of carbonyl (C=O) groups excluding carboxylic acids is 1. The van der Waals surface area contributed by atoms with Crippen LogP contribution in [0.5, 0.6) is 0 Å². The van der Waals surface area contributed by atoms with E-state index in [-0.39, 0.29) is 5.91 Å². The summed E-state index contributed by atoms with van der Waals surface area (Å²) in [5, 5.41) is 4.74. The molecular formula is C10H11F3N2O. The second-order valence-corrected chi connectivity index (χ2v) is 3.23. The summed E-state index contributed by atoms with van der Waals surface area (Å²) in [7, 11) is 0. The van der Waals surface area contributed by atoms with E-state index in [1.54, 1.807) is 0 Å². The number of anilines is 2. The summed E-state index contributed by atoms with van der Waals surface area (Å²) in [5.41, 5.74) is 0.900. The Labute approximate surface area is 90.6 Å². The number of nitrogens with one attached hydrogen (secondary N) is 2. The van der Waals surface area contributed by atoms with Gasteiger partial charge in [0.2, 0.25) is 5.91 Å². The van der Waals surface area contributed by atoms with Crippen LogP contribution in [0.25, 0.3) is 0 Å². The molecule has 2 N–H and O–H groups in total. The lowest BCUT2D eigenvalue weighted by Crippen LogP contribution is -2.21. The fraction of sp³-hybridized carbons (Fsp3) is 0.300. The van der Waals surface area contributed by atoms with Crippen molar-refractivity contribution in [3.8, 4) is 0 Å². The van der Waals surface area contributed by atoms with Crippen molar-refractivity contribution >= 4 is 17.3 Å². The van der Waals surface area contributed by atoms with Gasteiger partial charge in [0.15, 0.2) is 0 Å². The van der Waals surface area contributed by atoms with E-state index in [0.29, 0.717) is 11.4 Å². The third-order valence-electron chi connectivity index (χ3n) is 1.70. The van der Waals surface area contributed by atoms with E-state index in [2.05, 4.69) is 10.6 Å². The average molecular weight is 232 g/mol. The quantitative estimate of drug-likeness (QED) is 0.841. The second-order valence-electron chi connectivity index (χ2n) is 3.23. The number of hydrogen-bond donors (Lipinski definition) is 2. The molecule has 1 rings (SSSR count). The Bertz CT molecular complexity index is 359. The SMILES string of the molecule is CC(=O)Nc1ccc(NCC(F)(F)F)cc1. The zero-order valence-electron chi connectivity index (χ0n) is 8.56. The summed E-state index contributed by atoms with van der Waals surface area (Å²) in [5.74, 6) is -0.226. The molecule has 0 heterocycles. The first kappa shape index (κ1) is 12.4. The molecule has 0 atom stereocenters. The topological polar surface area (TPSA) is 41.1 Å². The highest BCUT2D eigenvalue weighted by Gasteiger charge is 2.26. The van der Waals surface area contributed by atoms with Crippen molar-refractivity contribution in [2.24, 2.45) is 0 Å². The van der Waals surface area contributed by atoms with Crippen LogP contribution in [0.3, 0.4) is 0 Å². The summed E-state index contributed by atoms with van der Waals surface area (Å²) >= 11 is 0. The van der Waals surface area contributed by atoms with Crippen LogP contribution in [0.4, 0.5) is 24.5 Å². The third-order valence-corrected chi connectivity index (χ3v) is 1.70. The molecule has 0 bridgehead atoms. The van der Waals surface area contributed by atoms with Gasteiger partial charge in [0, 0.05) is 18.3 Å². The molecule has 0 aliphatic carbocycles. The number of alkyl halides is 3. The van der Waals surface area contributed by atoms with Crippen LogP contribution in [0.2, 0.25) is 0 Å². The van der Waals surface area contributed by atoms with Crippen LogP contribution in [0.1, 0.15) is 6.92 Å². The minimum absolute atomic E-state index is 0.226. The number of hydrogen-bond acceptors (Lipinski definition) is 2. The Morgan fingerprint density at radius 1 is 1.19 bits per heavy atom. The zero-order chi connectivity index (χ0) is 12.2. The molecule has 6 heteroatoms. The number of halogens is 3. The van der Waals surface area contributed by atoms with Crippen molar-refractivity contribution in [1.29, 1.82) is 0 Å². The largest absolute Gasteiger partial charge is 0.405 e. The van der Waals surface area contributed by atoms with Crippen LogP contribution in [0, 0.1) is 0 Å². The maximum absolute atomic E-state index is 11.9. The molecule has 1 aromatic carbocycles. The molecule has 0 radical (unpaired) electrons. The molecule has 0 saturated carbocycles. The molecule has 0 aromatic heterocycles. The summed E-state index contributed by atoms with van der Waals surface area (Å²) in [4.78, 5) is 10.7. The number of carbonyl (C=O) groups is 1. The Morgan fingerprint density at radius 2 is 1.69 bits per heavy atom. The predicted octanol–water partition coefficient (Wildman–Crippen LogP) is 2.62. The monoisotopic (exact) mass is 232 g/mol. The van der Waals surface area contributed by atoms with Crippen molar-refractivity contribution < 1.29 is 18.0 Å². The van der Waals surface area contributed by atoms with E-state index in [1.165, 1.54) is 31.2 Å². The van der Waals surface area contributed by atoms with Gasteiger partial charge < -0.3 is 10.6 Å². The van der Waals surface area contributed by atoms with Crippen LogP contribution in [-0.4, -0.2) is 18.6 Å². The summed E-state index contributed by atoms with van der Waals surface area (Å²) < 4.78 is 35.6. The summed E-state index contributed by atoms with van der Waals surface area (Å²) in [6.45, 7) is 0.280. The van der Waals surface area contributed by atoms with E-state index < -0.39 is 12.7 Å². The van der Waals surface area contributed by atoms with E-state index >= 15 is 0 Å². The Kier molecular flexibility index (Phi) is 3.76. The van der Waals surface area contributed by atoms with Gasteiger partial charge in [0.1, 0.15) is 6.54 Å². The highest BCUT2D eigenvalue weighted by atomic mass is 19.4. The van der Waals surface area contributed by atoms with Gasteiger partial charge in [-0.25, -0.2) is 0 Å². The van der Waals surface area contributed by atoms with Crippen LogP contribution in [0.15, 0.2) is 24.3 Å². The first-order valence-corrected chi connectivity index (χ1v) is 4.55. The summed E-state index contributed by atoms with van der Waals surface area (Å²) in [6, 6.07) is 5.99. The van der Waals surface area contributed by atoms with E-state index in [9.17, 15) is 18.0 Å². The lowest BCUT2D eigenvalue weighted by Gasteiger charge is -2.10. The molecular weight excluding hydrogens is 221 g/mol. The number of rotatable bonds is 3. The average Bonchev–Trinajstić information content (AvgIpc) is 2.14. The zero-order valence-corrected chi connectivity index (χ0v) is 8.56. The van der Waals surface area contributed by atoms with Gasteiger partial charge in [0.25, 0.3) is 0 Å². The van der Waals surface area contributed by atoms with Crippen LogP contribution >= 0.6 is 0 Å². The minimum atomic E-state index is -4.24. The van der Waals surface area contributed by atoms with Crippen LogP contribution < -0.4 is 10.6 Å². The molecule has 0 saturated heterocycles. The minimum Gasteiger partial charge on any atom is -0.376 e. The molecule has 0 aliphatic heterocycles. The van der Waals surface area contributed by atoms with Crippen molar-refractivity contribution in [3.05, 3.63) is 24.3 Å². The van der Waals surface area contributed by atoms with Crippen molar-refractivity contribution in [2.75, 3.05) is 17.2 Å². The van der Waals surface area contributed by atoms with E-state index in [0.717, 1.165) is 0 Å². The maximum Gasteiger partial charge on any atom is 0.405 e. The van der Waals surface area contributed by atoms with E-state index in [1.807, 2.05) is 0 Å². The van der Waals surface area contributed by atoms with Crippen molar-refractivity contribution in [1.82, 2.24) is 0 Å². The molecule has 0 unspecified atom stereocenters. The van der Waals surface area contributed by atoms with Gasteiger partial charge in [-0.3, -0.25) is 4.79 Å². The second kappa shape index (κ2) is 4.87. The molecule has 16 heavy (non-hydrogen) atoms. The maximum atomic E-state index is 11.9. The van der Waals surface area contributed by atoms with Gasteiger partial charge in [0.05, 0.1) is 0 Å². The summed E-state index contributed by atoms with van der Waals surface area (Å²) in [6.07, 6.45) is -4.24. The van der Waals surface area contributed by atoms with Crippen molar-refractivity contribution in [2.45, 2.75) is 13.1 Å². The Balaban J connectivity index is 2.55. The normalized spacial score (nSPS) is 11.0. The Morgan fingerprint density at radius 3 is 2.12 bits per heavy atom. The lowest BCUT2D eigenvalue weighted by atomic mass is 10.2. The van der Waals surface area contributed by atoms with Gasteiger partial charge in [-0.05, 0) is 24.3 Å². The fourth-order valence-electron chi connectivity index (χ4n) is 1.08. The van der Waals surface area contributed by atoms with E-state index in [4.69, 9.17) is 0 Å². The predicted molar refractivity (Wildman–Crippen MR) is 55.3 cm³/mol. The number of benzene rings is 1. The Hall–Kier alpha value is -1.72. The standard InChI is InChI=1S/C10H11F3N2O/c1-7(16)15-9-4-2-8(3-5-9)14-6-10(11,12)13/h2-5,14H,6H2,1H3,(H,15,16). The van der Waals surface area contributed by atoms with Gasteiger partial charge in [-0.1, -0.05) is 0 Å². The molecule has 1 amide bonds.